The lowest BCUT2D eigenvalue weighted by Gasteiger charge is -2.25. The van der Waals surface area contributed by atoms with Crippen molar-refractivity contribution in [2.45, 2.75) is 65.8 Å². The molecule has 226 valence electrons. The van der Waals surface area contributed by atoms with Crippen LogP contribution in [0.1, 0.15) is 51.7 Å². The van der Waals surface area contributed by atoms with Crippen LogP contribution in [-0.2, 0) is 37.1 Å². The topological polar surface area (TPSA) is 131 Å². The summed E-state index contributed by atoms with van der Waals surface area (Å²) in [6.45, 7) is 7.35. The van der Waals surface area contributed by atoms with E-state index in [-0.39, 0.29) is 38.1 Å². The predicted octanol–water partition coefficient (Wildman–Crippen LogP) is 4.27. The molecular formula is C32H41N3O7. The molecule has 0 bridgehead atoms. The van der Waals surface area contributed by atoms with E-state index in [1.165, 1.54) is 4.90 Å². The molecule has 2 N–H and O–H groups in total. The van der Waals surface area contributed by atoms with Crippen molar-refractivity contribution in [3.8, 4) is 0 Å². The highest BCUT2D eigenvalue weighted by molar-refractivity contribution is 6.09. The van der Waals surface area contributed by atoms with Gasteiger partial charge in [0.2, 0.25) is 5.91 Å². The Morgan fingerprint density at radius 2 is 1.21 bits per heavy atom. The van der Waals surface area contributed by atoms with Crippen molar-refractivity contribution in [1.82, 2.24) is 15.5 Å². The first kappa shape index (κ1) is 32.3. The van der Waals surface area contributed by atoms with Crippen LogP contribution in [0.2, 0.25) is 0 Å². The minimum absolute atomic E-state index is 0.0396. The largest absolute Gasteiger partial charge is 0.445 e. The zero-order valence-corrected chi connectivity index (χ0v) is 24.7. The monoisotopic (exact) mass is 579 g/mol. The molecule has 10 nitrogen and oxygen atoms in total. The first-order valence-electron chi connectivity index (χ1n) is 14.3. The molecule has 1 fully saturated rings. The van der Waals surface area contributed by atoms with E-state index in [0.29, 0.717) is 12.8 Å². The van der Waals surface area contributed by atoms with E-state index in [1.807, 2.05) is 88.4 Å². The first-order chi connectivity index (χ1) is 20.0. The van der Waals surface area contributed by atoms with Crippen molar-refractivity contribution in [2.75, 3.05) is 13.1 Å². The second kappa shape index (κ2) is 15.7. The van der Waals surface area contributed by atoms with Gasteiger partial charge in [-0.05, 0) is 35.8 Å². The second-order valence-corrected chi connectivity index (χ2v) is 11.4. The number of benzene rings is 2. The molecule has 1 aliphatic rings. The van der Waals surface area contributed by atoms with E-state index in [4.69, 9.17) is 9.47 Å². The molecule has 1 aliphatic heterocycles. The van der Waals surface area contributed by atoms with E-state index in [9.17, 15) is 24.0 Å². The van der Waals surface area contributed by atoms with Gasteiger partial charge in [-0.3, -0.25) is 14.4 Å². The third-order valence-corrected chi connectivity index (χ3v) is 6.86. The van der Waals surface area contributed by atoms with Crippen LogP contribution in [0.5, 0.6) is 0 Å². The van der Waals surface area contributed by atoms with Crippen molar-refractivity contribution < 1.29 is 33.4 Å². The van der Waals surface area contributed by atoms with Crippen LogP contribution in [0.3, 0.4) is 0 Å². The molecule has 0 radical (unpaired) electrons. The first-order valence-corrected chi connectivity index (χ1v) is 14.3. The van der Waals surface area contributed by atoms with Gasteiger partial charge in [0.1, 0.15) is 19.3 Å². The molecule has 42 heavy (non-hydrogen) atoms. The van der Waals surface area contributed by atoms with Gasteiger partial charge in [-0.15, -0.1) is 0 Å². The third kappa shape index (κ3) is 10.0. The number of ketones is 2. The number of carbonyl (C=O) groups excluding carboxylic acids is 5. The quantitative estimate of drug-likeness (QED) is 0.339. The van der Waals surface area contributed by atoms with Gasteiger partial charge in [-0.1, -0.05) is 88.4 Å². The number of likely N-dealkylation sites (tertiary alicyclic amines) is 1. The SMILES string of the molecule is CC(C)CC(NC(=O)OCc1ccccc1)C(=O)C1CN(C(=O)C(CC(C)C)NC(=O)OCc2ccccc2)CC1=O. The Balaban J connectivity index is 1.62. The van der Waals surface area contributed by atoms with Gasteiger partial charge < -0.3 is 25.0 Å². The number of hydrogen-bond donors (Lipinski definition) is 2. The summed E-state index contributed by atoms with van der Waals surface area (Å²) < 4.78 is 10.6. The summed E-state index contributed by atoms with van der Waals surface area (Å²) in [5.41, 5.74) is 1.60. The van der Waals surface area contributed by atoms with Crippen LogP contribution in [0.15, 0.2) is 60.7 Å². The minimum Gasteiger partial charge on any atom is -0.445 e. The number of carbonyl (C=O) groups is 5. The lowest BCUT2D eigenvalue weighted by atomic mass is 9.91. The van der Waals surface area contributed by atoms with E-state index in [2.05, 4.69) is 10.6 Å². The molecule has 1 saturated heterocycles. The highest BCUT2D eigenvalue weighted by Crippen LogP contribution is 2.21. The van der Waals surface area contributed by atoms with E-state index in [1.54, 1.807) is 0 Å². The molecule has 2 aromatic rings. The van der Waals surface area contributed by atoms with Gasteiger partial charge >= 0.3 is 12.2 Å². The van der Waals surface area contributed by atoms with Gasteiger partial charge in [0.05, 0.1) is 18.5 Å². The Morgan fingerprint density at radius 3 is 1.69 bits per heavy atom. The standard InChI is InChI=1S/C32H41N3O7/c1-21(2)15-26(33-31(39)41-19-23-11-7-5-8-12-23)29(37)25-17-35(18-28(25)36)30(38)27(16-22(3)4)34-32(40)42-20-24-13-9-6-10-14-24/h5-14,21-22,25-27H,15-20H2,1-4H3,(H,33,39)(H,34,40). The maximum Gasteiger partial charge on any atom is 0.408 e. The van der Waals surface area contributed by atoms with Gasteiger partial charge in [-0.25, -0.2) is 9.59 Å². The van der Waals surface area contributed by atoms with Crippen LogP contribution >= 0.6 is 0 Å². The molecule has 3 atom stereocenters. The number of Topliss-reactive ketones (excluding diaryl/α,β-unsaturated/α-hetero) is 2. The number of ether oxygens (including phenoxy) is 2. The van der Waals surface area contributed by atoms with Gasteiger partial charge in [0.15, 0.2) is 11.6 Å². The summed E-state index contributed by atoms with van der Waals surface area (Å²) in [6, 6.07) is 16.4. The Morgan fingerprint density at radius 1 is 0.762 bits per heavy atom. The molecule has 3 unspecified atom stereocenters. The summed E-state index contributed by atoms with van der Waals surface area (Å²) in [7, 11) is 0. The molecule has 0 spiro atoms. The van der Waals surface area contributed by atoms with E-state index >= 15 is 0 Å². The molecule has 3 amide bonds. The summed E-state index contributed by atoms with van der Waals surface area (Å²) in [5, 5.41) is 5.26. The number of rotatable bonds is 13. The number of amides is 3. The molecule has 2 aromatic carbocycles. The molecular weight excluding hydrogens is 538 g/mol. The fraction of sp³-hybridized carbons (Fsp3) is 0.469. The average Bonchev–Trinajstić information content (AvgIpc) is 3.35. The molecule has 3 rings (SSSR count). The van der Waals surface area contributed by atoms with E-state index < -0.39 is 47.7 Å². The van der Waals surface area contributed by atoms with Gasteiger partial charge in [0.25, 0.3) is 0 Å². The zero-order valence-electron chi connectivity index (χ0n) is 24.7. The number of nitrogens with zero attached hydrogens (tertiary/aromatic N) is 1. The highest BCUT2D eigenvalue weighted by atomic mass is 16.6. The lowest BCUT2D eigenvalue weighted by molar-refractivity contribution is -0.134. The third-order valence-electron chi connectivity index (χ3n) is 6.86. The van der Waals surface area contributed by atoms with Crippen molar-refractivity contribution in [3.05, 3.63) is 71.8 Å². The van der Waals surface area contributed by atoms with Crippen molar-refractivity contribution in [1.29, 1.82) is 0 Å². The average molecular weight is 580 g/mol. The summed E-state index contributed by atoms with van der Waals surface area (Å²) in [5.74, 6) is -2.31. The maximum absolute atomic E-state index is 13.5. The van der Waals surface area contributed by atoms with E-state index in [0.717, 1.165) is 11.1 Å². The van der Waals surface area contributed by atoms with Crippen LogP contribution in [0.25, 0.3) is 0 Å². The minimum atomic E-state index is -1.09. The predicted molar refractivity (Wildman–Crippen MR) is 156 cm³/mol. The van der Waals surface area contributed by atoms with Crippen molar-refractivity contribution in [3.63, 3.8) is 0 Å². The summed E-state index contributed by atoms with van der Waals surface area (Å²) in [4.78, 5) is 66.3. The van der Waals surface area contributed by atoms with Crippen molar-refractivity contribution >= 4 is 29.7 Å². The molecule has 0 aliphatic carbocycles. The second-order valence-electron chi connectivity index (χ2n) is 11.4. The van der Waals surface area contributed by atoms with Gasteiger partial charge in [0, 0.05) is 6.54 Å². The molecule has 0 saturated carbocycles. The van der Waals surface area contributed by atoms with Gasteiger partial charge in [-0.2, -0.15) is 0 Å². The summed E-state index contributed by atoms with van der Waals surface area (Å²) in [6.07, 6.45) is -0.868. The Bertz CT molecular complexity index is 1220. The highest BCUT2D eigenvalue weighted by Gasteiger charge is 2.43. The smallest absolute Gasteiger partial charge is 0.408 e. The molecule has 10 heteroatoms. The zero-order chi connectivity index (χ0) is 30.6. The van der Waals surface area contributed by atoms with Crippen LogP contribution in [0, 0.1) is 17.8 Å². The van der Waals surface area contributed by atoms with Crippen LogP contribution in [0.4, 0.5) is 9.59 Å². The van der Waals surface area contributed by atoms with Crippen LogP contribution in [-0.4, -0.2) is 59.7 Å². The van der Waals surface area contributed by atoms with Crippen molar-refractivity contribution in [2.24, 2.45) is 17.8 Å². The Labute approximate surface area is 247 Å². The number of nitrogens with one attached hydrogen (secondary N) is 2. The normalized spacial score (nSPS) is 16.2. The lowest BCUT2D eigenvalue weighted by Crippen LogP contribution is -2.49. The molecule has 0 aromatic heterocycles. The fourth-order valence-corrected chi connectivity index (χ4v) is 4.79. The Kier molecular flexibility index (Phi) is 12.1. The maximum atomic E-state index is 13.5. The molecule has 1 heterocycles. The van der Waals surface area contributed by atoms with Crippen LogP contribution < -0.4 is 10.6 Å². The summed E-state index contributed by atoms with van der Waals surface area (Å²) >= 11 is 0. The fourth-order valence-electron chi connectivity index (χ4n) is 4.79. The number of hydrogen-bond acceptors (Lipinski definition) is 7. The number of alkyl carbamates (subject to hydrolysis) is 2. The Hall–Kier alpha value is -4.21.